The van der Waals surface area contributed by atoms with Crippen molar-refractivity contribution >= 4 is 11.9 Å². The molecule has 28 heavy (non-hydrogen) atoms. The molecule has 1 aliphatic heterocycles. The number of carbonyl (C=O) groups is 1. The van der Waals surface area contributed by atoms with Crippen LogP contribution in [0.1, 0.15) is 61.8 Å². The average Bonchev–Trinajstić information content (AvgIpc) is 2.88. The van der Waals surface area contributed by atoms with Crippen molar-refractivity contribution in [2.24, 2.45) is 0 Å². The van der Waals surface area contributed by atoms with Gasteiger partial charge >= 0.3 is 0 Å². The van der Waals surface area contributed by atoms with Crippen LogP contribution in [0.3, 0.4) is 0 Å². The number of rotatable bonds is 2. The topological polar surface area (TPSA) is 44.1 Å². The summed E-state index contributed by atoms with van der Waals surface area (Å²) in [6, 6.07) is 3.97. The van der Waals surface area contributed by atoms with Crippen LogP contribution in [-0.4, -0.2) is 21.9 Å². The van der Waals surface area contributed by atoms with E-state index in [-0.39, 0.29) is 5.78 Å². The van der Waals surface area contributed by atoms with Crippen molar-refractivity contribution in [2.45, 2.75) is 57.9 Å². The molecule has 0 atom stereocenters. The van der Waals surface area contributed by atoms with Crippen LogP contribution in [0.15, 0.2) is 36.1 Å². The molecule has 3 heterocycles. The van der Waals surface area contributed by atoms with Gasteiger partial charge in [-0.05, 0) is 61.4 Å². The van der Waals surface area contributed by atoms with Gasteiger partial charge in [-0.2, -0.15) is 0 Å². The van der Waals surface area contributed by atoms with Crippen molar-refractivity contribution in [3.05, 3.63) is 52.9 Å². The van der Waals surface area contributed by atoms with Crippen LogP contribution < -0.4 is 4.74 Å². The molecule has 3 aliphatic rings. The highest BCUT2D eigenvalue weighted by Gasteiger charge is 2.32. The Balaban J connectivity index is 1.80. The maximum Gasteiger partial charge on any atom is 0.159 e. The number of Topliss-reactive ketones (excluding diaryl/α,β-unsaturated/α-hetero) is 1. The van der Waals surface area contributed by atoms with E-state index >= 15 is 0 Å². The van der Waals surface area contributed by atoms with Crippen LogP contribution in [0, 0.1) is 0 Å². The molecule has 0 radical (unpaired) electrons. The molecule has 4 heteroatoms. The number of carbonyl (C=O) groups excluding carboxylic acids is 1. The first-order valence-electron chi connectivity index (χ1n) is 10.5. The van der Waals surface area contributed by atoms with Crippen molar-refractivity contribution < 1.29 is 9.53 Å². The number of hydrogen-bond donors (Lipinski definition) is 0. The molecule has 0 bridgehead atoms. The largest absolute Gasteiger partial charge is 0.489 e. The van der Waals surface area contributed by atoms with Gasteiger partial charge in [0.05, 0.1) is 12.2 Å². The first-order valence-corrected chi connectivity index (χ1v) is 10.5. The summed E-state index contributed by atoms with van der Waals surface area (Å²) in [6.45, 7) is 3.05. The number of pyridine rings is 1. The van der Waals surface area contributed by atoms with Crippen molar-refractivity contribution in [3.63, 3.8) is 0 Å². The lowest BCUT2D eigenvalue weighted by Gasteiger charge is -2.24. The fourth-order valence-corrected chi connectivity index (χ4v) is 5.06. The van der Waals surface area contributed by atoms with E-state index in [0.717, 1.165) is 30.0 Å². The fraction of sp³-hybridized carbons (Fsp3) is 0.417. The average molecular weight is 374 g/mol. The molecule has 4 nitrogen and oxygen atoms in total. The monoisotopic (exact) mass is 374 g/mol. The van der Waals surface area contributed by atoms with E-state index in [1.54, 1.807) is 6.92 Å². The molecule has 0 amide bonds. The van der Waals surface area contributed by atoms with Crippen molar-refractivity contribution in [1.82, 2.24) is 9.55 Å². The first kappa shape index (κ1) is 17.5. The molecule has 0 aromatic carbocycles. The minimum Gasteiger partial charge on any atom is -0.489 e. The molecule has 0 saturated heterocycles. The van der Waals surface area contributed by atoms with Gasteiger partial charge in [0.2, 0.25) is 0 Å². The Hall–Kier alpha value is -2.62. The van der Waals surface area contributed by atoms with E-state index in [9.17, 15) is 4.79 Å². The lowest BCUT2D eigenvalue weighted by atomic mass is 9.81. The van der Waals surface area contributed by atoms with Crippen LogP contribution in [0.2, 0.25) is 0 Å². The second kappa shape index (κ2) is 7.08. The summed E-state index contributed by atoms with van der Waals surface area (Å²) >= 11 is 0. The van der Waals surface area contributed by atoms with E-state index in [1.165, 1.54) is 54.6 Å². The fourth-order valence-electron chi connectivity index (χ4n) is 5.06. The number of allylic oxidation sites excluding steroid dienone is 3. The normalized spacial score (nSPS) is 18.8. The number of nitrogens with zero attached hydrogens (tertiary/aromatic N) is 2. The Kier molecular flexibility index (Phi) is 4.42. The van der Waals surface area contributed by atoms with E-state index in [4.69, 9.17) is 9.72 Å². The maximum atomic E-state index is 12.1. The van der Waals surface area contributed by atoms with Gasteiger partial charge in [-0.25, -0.2) is 0 Å². The predicted molar refractivity (Wildman–Crippen MR) is 110 cm³/mol. The minimum absolute atomic E-state index is 0.113. The summed E-state index contributed by atoms with van der Waals surface area (Å²) in [6.07, 6.45) is 15.3. The second-order valence-corrected chi connectivity index (χ2v) is 8.07. The third-order valence-corrected chi connectivity index (χ3v) is 6.35. The van der Waals surface area contributed by atoms with Crippen molar-refractivity contribution in [3.8, 4) is 17.1 Å². The second-order valence-electron chi connectivity index (χ2n) is 8.07. The smallest absolute Gasteiger partial charge is 0.159 e. The molecule has 5 rings (SSSR count). The van der Waals surface area contributed by atoms with Crippen molar-refractivity contribution in [1.29, 1.82) is 0 Å². The van der Waals surface area contributed by atoms with Crippen molar-refractivity contribution in [2.75, 3.05) is 6.61 Å². The zero-order valence-electron chi connectivity index (χ0n) is 16.4. The lowest BCUT2D eigenvalue weighted by molar-refractivity contribution is -0.113. The number of fused-ring (bicyclic) bond motifs is 5. The van der Waals surface area contributed by atoms with Gasteiger partial charge in [0.25, 0.3) is 0 Å². The summed E-state index contributed by atoms with van der Waals surface area (Å²) in [5.74, 6) is 1.55. The molecule has 2 aliphatic carbocycles. The van der Waals surface area contributed by atoms with Gasteiger partial charge in [0, 0.05) is 17.5 Å². The molecule has 1 saturated carbocycles. The van der Waals surface area contributed by atoms with Crippen LogP contribution in [-0.2, 0) is 17.8 Å². The number of aromatic nitrogens is 2. The molecule has 0 unspecified atom stereocenters. The SMILES string of the molecule is CC(=O)C1=Cc2c(c(C3CCCCC3)c3n2CCOc2cccnc2-3)CC=C1. The third kappa shape index (κ3) is 2.83. The van der Waals surface area contributed by atoms with Gasteiger partial charge in [-0.1, -0.05) is 31.4 Å². The Bertz CT molecular complexity index is 990. The summed E-state index contributed by atoms with van der Waals surface area (Å²) in [7, 11) is 0. The zero-order chi connectivity index (χ0) is 19.1. The Morgan fingerprint density at radius 3 is 2.93 bits per heavy atom. The van der Waals surface area contributed by atoms with E-state index in [0.29, 0.717) is 12.5 Å². The summed E-state index contributed by atoms with van der Waals surface area (Å²) in [4.78, 5) is 16.9. The highest BCUT2D eigenvalue weighted by molar-refractivity contribution is 6.01. The van der Waals surface area contributed by atoms with Crippen LogP contribution in [0.4, 0.5) is 0 Å². The predicted octanol–water partition coefficient (Wildman–Crippen LogP) is 5.07. The Labute approximate surface area is 165 Å². The van der Waals surface area contributed by atoms with Gasteiger partial charge in [0.15, 0.2) is 5.78 Å². The number of hydrogen-bond acceptors (Lipinski definition) is 3. The first-order chi connectivity index (χ1) is 13.7. The molecule has 0 spiro atoms. The molecule has 144 valence electrons. The number of ether oxygens (including phenoxy) is 1. The van der Waals surface area contributed by atoms with Gasteiger partial charge in [0.1, 0.15) is 18.1 Å². The lowest BCUT2D eigenvalue weighted by Crippen LogP contribution is -2.09. The summed E-state index contributed by atoms with van der Waals surface area (Å²) < 4.78 is 8.41. The van der Waals surface area contributed by atoms with E-state index in [1.807, 2.05) is 24.4 Å². The highest BCUT2D eigenvalue weighted by atomic mass is 16.5. The zero-order valence-corrected chi connectivity index (χ0v) is 16.4. The molecule has 2 aromatic heterocycles. The third-order valence-electron chi connectivity index (χ3n) is 6.35. The van der Waals surface area contributed by atoms with Crippen LogP contribution >= 0.6 is 0 Å². The Morgan fingerprint density at radius 1 is 1.25 bits per heavy atom. The Morgan fingerprint density at radius 2 is 2.11 bits per heavy atom. The highest BCUT2D eigenvalue weighted by Crippen LogP contribution is 2.46. The molecule has 2 aromatic rings. The van der Waals surface area contributed by atoms with Gasteiger partial charge in [-0.3, -0.25) is 9.78 Å². The minimum atomic E-state index is 0.113. The standard InChI is InChI=1S/C24H26N2O2/c1-16(27)18-9-5-10-19-20(15-18)26-13-14-28-21-11-6-12-25-23(21)24(26)22(19)17-7-3-2-4-8-17/h5-6,9,11-12,15,17H,2-4,7-8,10,13-14H2,1H3. The molecular formula is C24H26N2O2. The number of ketones is 1. The van der Waals surface area contributed by atoms with Gasteiger partial charge < -0.3 is 9.30 Å². The van der Waals surface area contributed by atoms with Gasteiger partial charge in [-0.15, -0.1) is 0 Å². The van der Waals surface area contributed by atoms with Crippen LogP contribution in [0.5, 0.6) is 5.75 Å². The summed E-state index contributed by atoms with van der Waals surface area (Å²) in [5, 5.41) is 0. The molecular weight excluding hydrogens is 348 g/mol. The van der Waals surface area contributed by atoms with E-state index < -0.39 is 0 Å². The maximum absolute atomic E-state index is 12.1. The quantitative estimate of drug-likeness (QED) is 0.737. The molecule has 1 fully saturated rings. The summed E-state index contributed by atoms with van der Waals surface area (Å²) in [5.41, 5.74) is 6.96. The molecule has 0 N–H and O–H groups in total. The van der Waals surface area contributed by atoms with E-state index in [2.05, 4.69) is 16.7 Å². The van der Waals surface area contributed by atoms with Crippen LogP contribution in [0.25, 0.3) is 17.5 Å².